The van der Waals surface area contributed by atoms with Crippen LogP contribution in [0.25, 0.3) is 0 Å². The van der Waals surface area contributed by atoms with Gasteiger partial charge in [-0.25, -0.2) is 0 Å². The van der Waals surface area contributed by atoms with Crippen molar-refractivity contribution >= 4 is 28.9 Å². The molecule has 0 aliphatic rings. The Bertz CT molecular complexity index is 950. The Morgan fingerprint density at radius 3 is 2.56 bits per heavy atom. The normalized spacial score (nSPS) is 10.3. The van der Waals surface area contributed by atoms with E-state index in [-0.39, 0.29) is 12.5 Å². The molecule has 3 aromatic rings. The van der Waals surface area contributed by atoms with Gasteiger partial charge in [-0.3, -0.25) is 14.3 Å². The standard InChI is InChI=1S/C19H19N5O3/c1-27-15-8-6-13(7-9-15)22-17-5-3-2-4-16(17)19(26)23-14-10-21-24(11-14)12-18(20)25/h2-11,22H,12H2,1H3,(H2,20,25)(H,23,26). The van der Waals surface area contributed by atoms with Crippen molar-refractivity contribution < 1.29 is 14.3 Å². The van der Waals surface area contributed by atoms with Gasteiger partial charge in [-0.15, -0.1) is 0 Å². The van der Waals surface area contributed by atoms with Crippen molar-refractivity contribution in [1.29, 1.82) is 0 Å². The third kappa shape index (κ3) is 4.63. The summed E-state index contributed by atoms with van der Waals surface area (Å²) in [6.07, 6.45) is 3.00. The number of ether oxygens (including phenoxy) is 1. The number of nitrogens with one attached hydrogen (secondary N) is 2. The molecule has 1 heterocycles. The van der Waals surface area contributed by atoms with Crippen molar-refractivity contribution in [3.63, 3.8) is 0 Å². The van der Waals surface area contributed by atoms with Crippen LogP contribution in [0.1, 0.15) is 10.4 Å². The van der Waals surface area contributed by atoms with Crippen LogP contribution in [0.4, 0.5) is 17.1 Å². The highest BCUT2D eigenvalue weighted by Gasteiger charge is 2.13. The second-order valence-corrected chi connectivity index (χ2v) is 5.75. The fourth-order valence-electron chi connectivity index (χ4n) is 2.49. The molecule has 0 saturated heterocycles. The van der Waals surface area contributed by atoms with Crippen LogP contribution in [0.3, 0.4) is 0 Å². The van der Waals surface area contributed by atoms with Crippen LogP contribution in [0.15, 0.2) is 60.9 Å². The van der Waals surface area contributed by atoms with E-state index in [4.69, 9.17) is 10.5 Å². The zero-order valence-corrected chi connectivity index (χ0v) is 14.7. The summed E-state index contributed by atoms with van der Waals surface area (Å²) in [4.78, 5) is 23.6. The van der Waals surface area contributed by atoms with E-state index in [1.807, 2.05) is 36.4 Å². The summed E-state index contributed by atoms with van der Waals surface area (Å²) in [5.74, 6) is -0.0604. The zero-order valence-electron chi connectivity index (χ0n) is 14.7. The summed E-state index contributed by atoms with van der Waals surface area (Å²) in [5, 5.41) is 9.97. The summed E-state index contributed by atoms with van der Waals surface area (Å²) in [5.41, 5.74) is 7.56. The fourth-order valence-corrected chi connectivity index (χ4v) is 2.49. The Morgan fingerprint density at radius 1 is 1.11 bits per heavy atom. The van der Waals surface area contributed by atoms with Gasteiger partial charge in [0, 0.05) is 11.9 Å². The number of amides is 2. The van der Waals surface area contributed by atoms with Crippen LogP contribution in [0, 0.1) is 0 Å². The van der Waals surface area contributed by atoms with Gasteiger partial charge in [-0.05, 0) is 36.4 Å². The molecule has 0 atom stereocenters. The van der Waals surface area contributed by atoms with Crippen molar-refractivity contribution in [3.05, 3.63) is 66.5 Å². The predicted octanol–water partition coefficient (Wildman–Crippen LogP) is 2.37. The van der Waals surface area contributed by atoms with Crippen molar-refractivity contribution in [2.45, 2.75) is 6.54 Å². The summed E-state index contributed by atoms with van der Waals surface area (Å²) in [6, 6.07) is 14.5. The number of primary amides is 1. The predicted molar refractivity (Wildman–Crippen MR) is 102 cm³/mol. The van der Waals surface area contributed by atoms with Crippen LogP contribution < -0.4 is 21.1 Å². The summed E-state index contributed by atoms with van der Waals surface area (Å²) in [6.45, 7) is -0.0501. The van der Waals surface area contributed by atoms with Crippen LogP contribution in [0.5, 0.6) is 5.75 Å². The average molecular weight is 365 g/mol. The molecule has 0 aliphatic carbocycles. The number of carbonyl (C=O) groups is 2. The molecule has 0 bridgehead atoms. The first kappa shape index (κ1) is 18.0. The number of benzene rings is 2. The molecule has 0 fully saturated rings. The number of rotatable bonds is 7. The number of hydrogen-bond donors (Lipinski definition) is 3. The van der Waals surface area contributed by atoms with E-state index in [0.29, 0.717) is 16.9 Å². The smallest absolute Gasteiger partial charge is 0.257 e. The highest BCUT2D eigenvalue weighted by atomic mass is 16.5. The Labute approximate surface area is 155 Å². The Morgan fingerprint density at radius 2 is 1.85 bits per heavy atom. The first-order valence-corrected chi connectivity index (χ1v) is 8.17. The van der Waals surface area contributed by atoms with Gasteiger partial charge in [0.1, 0.15) is 12.3 Å². The van der Waals surface area contributed by atoms with E-state index in [1.165, 1.54) is 10.9 Å². The maximum Gasteiger partial charge on any atom is 0.257 e. The Kier molecular flexibility index (Phi) is 5.36. The van der Waals surface area contributed by atoms with Crippen LogP contribution in [0.2, 0.25) is 0 Å². The van der Waals surface area contributed by atoms with Gasteiger partial charge in [0.25, 0.3) is 5.91 Å². The number of anilines is 3. The molecule has 3 rings (SSSR count). The number of nitrogens with two attached hydrogens (primary N) is 1. The maximum atomic E-state index is 12.7. The summed E-state index contributed by atoms with van der Waals surface area (Å²) in [7, 11) is 1.60. The van der Waals surface area contributed by atoms with E-state index < -0.39 is 5.91 Å². The molecule has 1 aromatic heterocycles. The van der Waals surface area contributed by atoms with Gasteiger partial charge in [0.05, 0.1) is 30.2 Å². The lowest BCUT2D eigenvalue weighted by Gasteiger charge is -2.12. The third-order valence-corrected chi connectivity index (χ3v) is 3.75. The van der Waals surface area contributed by atoms with Crippen molar-refractivity contribution in [1.82, 2.24) is 9.78 Å². The van der Waals surface area contributed by atoms with Gasteiger partial charge < -0.3 is 21.1 Å². The third-order valence-electron chi connectivity index (χ3n) is 3.75. The molecule has 2 aromatic carbocycles. The van der Waals surface area contributed by atoms with Crippen LogP contribution in [-0.2, 0) is 11.3 Å². The molecule has 0 radical (unpaired) electrons. The van der Waals surface area contributed by atoms with Crippen molar-refractivity contribution in [2.24, 2.45) is 5.73 Å². The molecule has 4 N–H and O–H groups in total. The topological polar surface area (TPSA) is 111 Å². The highest BCUT2D eigenvalue weighted by molar-refractivity contribution is 6.08. The lowest BCUT2D eigenvalue weighted by Crippen LogP contribution is -2.18. The lowest BCUT2D eigenvalue weighted by molar-refractivity contribution is -0.118. The largest absolute Gasteiger partial charge is 0.497 e. The molecule has 2 amide bonds. The van der Waals surface area contributed by atoms with Gasteiger partial charge in [0.2, 0.25) is 5.91 Å². The van der Waals surface area contributed by atoms with Crippen molar-refractivity contribution in [2.75, 3.05) is 17.7 Å². The number of para-hydroxylation sites is 1. The number of methoxy groups -OCH3 is 1. The lowest BCUT2D eigenvalue weighted by atomic mass is 10.1. The van der Waals surface area contributed by atoms with E-state index in [2.05, 4.69) is 15.7 Å². The molecule has 0 saturated carbocycles. The van der Waals surface area contributed by atoms with E-state index in [0.717, 1.165) is 11.4 Å². The fraction of sp³-hybridized carbons (Fsp3) is 0.105. The first-order valence-electron chi connectivity index (χ1n) is 8.17. The summed E-state index contributed by atoms with van der Waals surface area (Å²) >= 11 is 0. The van der Waals surface area contributed by atoms with Crippen LogP contribution >= 0.6 is 0 Å². The highest BCUT2D eigenvalue weighted by Crippen LogP contribution is 2.23. The SMILES string of the molecule is COc1ccc(Nc2ccccc2C(=O)Nc2cnn(CC(N)=O)c2)cc1. The molecule has 138 valence electrons. The molecular weight excluding hydrogens is 346 g/mol. The summed E-state index contributed by atoms with van der Waals surface area (Å²) < 4.78 is 6.51. The first-order chi connectivity index (χ1) is 13.0. The van der Waals surface area contributed by atoms with Crippen LogP contribution in [-0.4, -0.2) is 28.7 Å². The zero-order chi connectivity index (χ0) is 19.2. The van der Waals surface area contributed by atoms with E-state index in [9.17, 15) is 9.59 Å². The second-order valence-electron chi connectivity index (χ2n) is 5.75. The Balaban J connectivity index is 1.75. The molecule has 8 nitrogen and oxygen atoms in total. The maximum absolute atomic E-state index is 12.7. The number of hydrogen-bond acceptors (Lipinski definition) is 5. The second kappa shape index (κ2) is 8.05. The van der Waals surface area contributed by atoms with Gasteiger partial charge in [-0.1, -0.05) is 12.1 Å². The van der Waals surface area contributed by atoms with E-state index >= 15 is 0 Å². The molecule has 8 heteroatoms. The van der Waals surface area contributed by atoms with Gasteiger partial charge in [0.15, 0.2) is 0 Å². The molecule has 0 spiro atoms. The number of aromatic nitrogens is 2. The van der Waals surface area contributed by atoms with Crippen molar-refractivity contribution in [3.8, 4) is 5.75 Å². The monoisotopic (exact) mass is 365 g/mol. The molecule has 0 unspecified atom stereocenters. The Hall–Kier alpha value is -3.81. The van der Waals surface area contributed by atoms with E-state index in [1.54, 1.807) is 25.4 Å². The molecule has 0 aliphatic heterocycles. The average Bonchev–Trinajstić information content (AvgIpc) is 3.08. The quantitative estimate of drug-likeness (QED) is 0.595. The molecular formula is C19H19N5O3. The number of carbonyl (C=O) groups excluding carboxylic acids is 2. The van der Waals surface area contributed by atoms with Gasteiger partial charge in [-0.2, -0.15) is 5.10 Å². The minimum absolute atomic E-state index is 0.0501. The molecule has 27 heavy (non-hydrogen) atoms. The minimum Gasteiger partial charge on any atom is -0.497 e. The minimum atomic E-state index is -0.509. The number of nitrogens with zero attached hydrogens (tertiary/aromatic N) is 2. The van der Waals surface area contributed by atoms with Gasteiger partial charge >= 0.3 is 0 Å².